The largest absolute Gasteiger partial charge is 0.497 e. The van der Waals surface area contributed by atoms with E-state index >= 15 is 0 Å². The van der Waals surface area contributed by atoms with E-state index in [0.29, 0.717) is 12.2 Å². The zero-order valence-corrected chi connectivity index (χ0v) is 15.3. The van der Waals surface area contributed by atoms with Crippen molar-refractivity contribution >= 4 is 10.0 Å². The molecule has 0 saturated heterocycles. The van der Waals surface area contributed by atoms with Crippen LogP contribution in [0.4, 0.5) is 0 Å². The van der Waals surface area contributed by atoms with Crippen molar-refractivity contribution in [1.82, 2.24) is 4.72 Å². The molecule has 5 nitrogen and oxygen atoms in total. The SMILES string of the molecule is COc1ccc(S(=O)(=O)NC(C)(C)CC(C)(C)C)c(OC)c1. The Morgan fingerprint density at radius 1 is 1.05 bits per heavy atom. The lowest BCUT2D eigenvalue weighted by Crippen LogP contribution is -2.45. The molecule has 0 heterocycles. The molecule has 126 valence electrons. The van der Waals surface area contributed by atoms with Gasteiger partial charge in [-0.25, -0.2) is 13.1 Å². The second kappa shape index (κ2) is 6.46. The highest BCUT2D eigenvalue weighted by Gasteiger charge is 2.32. The number of nitrogens with one attached hydrogen (secondary N) is 1. The minimum atomic E-state index is -3.69. The predicted molar refractivity (Wildman–Crippen MR) is 88.0 cm³/mol. The number of methoxy groups -OCH3 is 2. The van der Waals surface area contributed by atoms with Gasteiger partial charge < -0.3 is 9.47 Å². The first-order valence-electron chi connectivity index (χ1n) is 7.16. The van der Waals surface area contributed by atoms with E-state index in [0.717, 1.165) is 0 Å². The van der Waals surface area contributed by atoms with Gasteiger partial charge in [-0.3, -0.25) is 0 Å². The molecule has 1 aromatic rings. The first kappa shape index (κ1) is 18.8. The first-order chi connectivity index (χ1) is 9.90. The Morgan fingerprint density at radius 2 is 1.64 bits per heavy atom. The Morgan fingerprint density at radius 3 is 2.09 bits per heavy atom. The maximum Gasteiger partial charge on any atom is 0.244 e. The molecule has 0 amide bonds. The summed E-state index contributed by atoms with van der Waals surface area (Å²) in [6, 6.07) is 4.66. The van der Waals surface area contributed by atoms with Gasteiger partial charge in [0.05, 0.1) is 14.2 Å². The summed E-state index contributed by atoms with van der Waals surface area (Å²) in [5, 5.41) is 0. The fourth-order valence-electron chi connectivity index (χ4n) is 2.78. The molecule has 0 saturated carbocycles. The molecule has 0 bridgehead atoms. The van der Waals surface area contributed by atoms with Crippen LogP contribution in [0, 0.1) is 5.41 Å². The summed E-state index contributed by atoms with van der Waals surface area (Å²) >= 11 is 0. The van der Waals surface area contributed by atoms with E-state index in [1.54, 1.807) is 12.1 Å². The van der Waals surface area contributed by atoms with Crippen LogP contribution in [0.2, 0.25) is 0 Å². The number of sulfonamides is 1. The standard InChI is InChI=1S/C16H27NO4S/c1-15(2,3)11-16(4,5)17-22(18,19)14-9-8-12(20-6)10-13(14)21-7/h8-10,17H,11H2,1-7H3. The van der Waals surface area contributed by atoms with Crippen LogP contribution in [0.15, 0.2) is 23.1 Å². The molecule has 6 heteroatoms. The van der Waals surface area contributed by atoms with Crippen molar-refractivity contribution in [1.29, 1.82) is 0 Å². The topological polar surface area (TPSA) is 64.6 Å². The van der Waals surface area contributed by atoms with Crippen LogP contribution in [0.5, 0.6) is 11.5 Å². The van der Waals surface area contributed by atoms with Crippen LogP contribution in [-0.2, 0) is 10.0 Å². The van der Waals surface area contributed by atoms with Crippen molar-refractivity contribution < 1.29 is 17.9 Å². The quantitative estimate of drug-likeness (QED) is 0.870. The summed E-state index contributed by atoms with van der Waals surface area (Å²) in [5.74, 6) is 0.808. The third-order valence-electron chi connectivity index (χ3n) is 3.04. The van der Waals surface area contributed by atoms with Gasteiger partial charge in [0.25, 0.3) is 0 Å². The van der Waals surface area contributed by atoms with Gasteiger partial charge in [-0.1, -0.05) is 20.8 Å². The molecule has 0 radical (unpaired) electrons. The van der Waals surface area contributed by atoms with E-state index in [-0.39, 0.29) is 16.1 Å². The average Bonchev–Trinajstić information content (AvgIpc) is 2.33. The third kappa shape index (κ3) is 5.18. The molecule has 1 N–H and O–H groups in total. The van der Waals surface area contributed by atoms with Crippen molar-refractivity contribution in [3.63, 3.8) is 0 Å². The van der Waals surface area contributed by atoms with Crippen molar-refractivity contribution in [2.75, 3.05) is 14.2 Å². The summed E-state index contributed by atoms with van der Waals surface area (Å²) in [6.45, 7) is 10.0. The van der Waals surface area contributed by atoms with Gasteiger partial charge in [-0.2, -0.15) is 0 Å². The Bertz CT molecular complexity index is 616. The monoisotopic (exact) mass is 329 g/mol. The number of ether oxygens (including phenoxy) is 2. The summed E-state index contributed by atoms with van der Waals surface area (Å²) in [4.78, 5) is 0.109. The minimum Gasteiger partial charge on any atom is -0.497 e. The zero-order valence-electron chi connectivity index (χ0n) is 14.5. The number of rotatable bonds is 6. The van der Waals surface area contributed by atoms with E-state index in [1.807, 2.05) is 13.8 Å². The lowest BCUT2D eigenvalue weighted by Gasteiger charge is -2.33. The molecule has 22 heavy (non-hydrogen) atoms. The molecular formula is C16H27NO4S. The van der Waals surface area contributed by atoms with E-state index in [2.05, 4.69) is 25.5 Å². The third-order valence-corrected chi connectivity index (χ3v) is 4.78. The second-order valence-electron chi connectivity index (χ2n) is 7.24. The maximum atomic E-state index is 12.7. The Kier molecular flexibility index (Phi) is 5.51. The molecule has 0 unspecified atom stereocenters. The molecule has 0 aromatic heterocycles. The lowest BCUT2D eigenvalue weighted by atomic mass is 9.82. The Labute approximate surface area is 134 Å². The second-order valence-corrected chi connectivity index (χ2v) is 8.89. The number of hydrogen-bond acceptors (Lipinski definition) is 4. The molecule has 1 rings (SSSR count). The van der Waals surface area contributed by atoms with Crippen LogP contribution in [0.3, 0.4) is 0 Å². The Hall–Kier alpha value is -1.27. The van der Waals surface area contributed by atoms with Gasteiger partial charge in [0, 0.05) is 11.6 Å². The Balaban J connectivity index is 3.14. The predicted octanol–water partition coefficient (Wildman–Crippen LogP) is 3.20. The van der Waals surface area contributed by atoms with Crippen LogP contribution < -0.4 is 14.2 Å². The smallest absolute Gasteiger partial charge is 0.244 e. The van der Waals surface area contributed by atoms with Gasteiger partial charge in [0.2, 0.25) is 10.0 Å². The molecule has 0 aliphatic heterocycles. The van der Waals surface area contributed by atoms with Gasteiger partial charge in [-0.05, 0) is 37.8 Å². The molecule has 1 aromatic carbocycles. The molecule has 0 aliphatic rings. The summed E-state index contributed by atoms with van der Waals surface area (Å²) in [5.41, 5.74) is -0.558. The summed E-state index contributed by atoms with van der Waals surface area (Å²) in [6.07, 6.45) is 0.706. The van der Waals surface area contributed by atoms with Crippen molar-refractivity contribution in [3.8, 4) is 11.5 Å². The van der Waals surface area contributed by atoms with Crippen molar-refractivity contribution in [2.45, 2.75) is 51.5 Å². The zero-order chi connectivity index (χ0) is 17.2. The highest BCUT2D eigenvalue weighted by atomic mass is 32.2. The highest BCUT2D eigenvalue weighted by Crippen LogP contribution is 2.31. The molecule has 0 fully saturated rings. The molecular weight excluding hydrogens is 302 g/mol. The maximum absolute atomic E-state index is 12.7. The lowest BCUT2D eigenvalue weighted by molar-refractivity contribution is 0.269. The summed E-state index contributed by atoms with van der Waals surface area (Å²) in [7, 11) is -0.729. The van der Waals surface area contributed by atoms with Crippen molar-refractivity contribution in [3.05, 3.63) is 18.2 Å². The number of benzene rings is 1. The van der Waals surface area contributed by atoms with E-state index in [1.165, 1.54) is 20.3 Å². The molecule has 0 spiro atoms. The van der Waals surface area contributed by atoms with Crippen LogP contribution >= 0.6 is 0 Å². The fraction of sp³-hybridized carbons (Fsp3) is 0.625. The molecule has 0 atom stereocenters. The highest BCUT2D eigenvalue weighted by molar-refractivity contribution is 7.89. The van der Waals surface area contributed by atoms with E-state index in [9.17, 15) is 8.42 Å². The fourth-order valence-corrected chi connectivity index (χ4v) is 4.34. The molecule has 0 aliphatic carbocycles. The van der Waals surface area contributed by atoms with Gasteiger partial charge in [0.1, 0.15) is 16.4 Å². The van der Waals surface area contributed by atoms with Crippen LogP contribution in [-0.4, -0.2) is 28.2 Å². The number of hydrogen-bond donors (Lipinski definition) is 1. The normalized spacial score (nSPS) is 13.0. The summed E-state index contributed by atoms with van der Waals surface area (Å²) < 4.78 is 38.4. The van der Waals surface area contributed by atoms with Crippen LogP contribution in [0.1, 0.15) is 41.0 Å². The minimum absolute atomic E-state index is 0.00993. The van der Waals surface area contributed by atoms with Gasteiger partial charge in [-0.15, -0.1) is 0 Å². The first-order valence-corrected chi connectivity index (χ1v) is 8.64. The average molecular weight is 329 g/mol. The van der Waals surface area contributed by atoms with Gasteiger partial charge >= 0.3 is 0 Å². The van der Waals surface area contributed by atoms with Crippen LogP contribution in [0.25, 0.3) is 0 Å². The van der Waals surface area contributed by atoms with E-state index in [4.69, 9.17) is 9.47 Å². The van der Waals surface area contributed by atoms with E-state index < -0.39 is 15.6 Å². The van der Waals surface area contributed by atoms with Gasteiger partial charge in [0.15, 0.2) is 0 Å². The van der Waals surface area contributed by atoms with Crippen molar-refractivity contribution in [2.24, 2.45) is 5.41 Å².